The summed E-state index contributed by atoms with van der Waals surface area (Å²) in [5.41, 5.74) is 3.48. The molecular weight excluding hydrogens is 192 g/mol. The van der Waals surface area contributed by atoms with Crippen molar-refractivity contribution in [2.75, 3.05) is 13.7 Å². The van der Waals surface area contributed by atoms with Crippen molar-refractivity contribution in [2.45, 2.75) is 39.8 Å². The molecule has 0 aliphatic rings. The van der Waals surface area contributed by atoms with Gasteiger partial charge in [0.25, 0.3) is 0 Å². The molecule has 0 radical (unpaired) electrons. The predicted octanol–water partition coefficient (Wildman–Crippen LogP) is 1.07. The van der Waals surface area contributed by atoms with Crippen molar-refractivity contribution in [3.8, 4) is 0 Å². The zero-order valence-electron chi connectivity index (χ0n) is 9.95. The fourth-order valence-electron chi connectivity index (χ4n) is 1.87. The second-order valence-corrected chi connectivity index (χ2v) is 3.79. The highest BCUT2D eigenvalue weighted by molar-refractivity contribution is 5.24. The lowest BCUT2D eigenvalue weighted by Gasteiger charge is -2.10. The monoisotopic (exact) mass is 212 g/mol. The van der Waals surface area contributed by atoms with E-state index < -0.39 is 6.10 Å². The Morgan fingerprint density at radius 3 is 2.60 bits per heavy atom. The average Bonchev–Trinajstić information content (AvgIpc) is 2.42. The zero-order chi connectivity index (χ0) is 11.4. The highest BCUT2D eigenvalue weighted by Gasteiger charge is 2.12. The molecule has 0 saturated carbocycles. The van der Waals surface area contributed by atoms with E-state index in [4.69, 9.17) is 4.74 Å². The molecular formula is C11H20N2O2. The molecule has 1 unspecified atom stereocenters. The number of methoxy groups -OCH3 is 1. The molecule has 86 valence electrons. The summed E-state index contributed by atoms with van der Waals surface area (Å²) in [4.78, 5) is 0. The van der Waals surface area contributed by atoms with Crippen LogP contribution >= 0.6 is 0 Å². The summed E-state index contributed by atoms with van der Waals surface area (Å²) in [6, 6.07) is 0. The average molecular weight is 212 g/mol. The van der Waals surface area contributed by atoms with E-state index in [1.54, 1.807) is 7.11 Å². The van der Waals surface area contributed by atoms with E-state index in [1.807, 2.05) is 18.5 Å². The van der Waals surface area contributed by atoms with Gasteiger partial charge >= 0.3 is 0 Å². The van der Waals surface area contributed by atoms with Crippen molar-refractivity contribution >= 4 is 0 Å². The van der Waals surface area contributed by atoms with Crippen LogP contribution in [0.5, 0.6) is 0 Å². The second-order valence-electron chi connectivity index (χ2n) is 3.79. The lowest BCUT2D eigenvalue weighted by molar-refractivity contribution is 0.0509. The Balaban J connectivity index is 2.77. The van der Waals surface area contributed by atoms with Crippen LogP contribution in [0.4, 0.5) is 0 Å². The molecule has 15 heavy (non-hydrogen) atoms. The third-order valence-corrected chi connectivity index (χ3v) is 2.63. The van der Waals surface area contributed by atoms with E-state index >= 15 is 0 Å². The minimum Gasteiger partial charge on any atom is -0.389 e. The Labute approximate surface area is 90.9 Å². The Bertz CT molecular complexity index is 321. The SMILES string of the molecule is CCc1c(C)nn(CC(O)COC)c1C. The van der Waals surface area contributed by atoms with Crippen molar-refractivity contribution in [1.82, 2.24) is 9.78 Å². The van der Waals surface area contributed by atoms with E-state index in [-0.39, 0.29) is 0 Å². The van der Waals surface area contributed by atoms with Crippen molar-refractivity contribution in [2.24, 2.45) is 0 Å². The predicted molar refractivity (Wildman–Crippen MR) is 59.0 cm³/mol. The highest BCUT2D eigenvalue weighted by Crippen LogP contribution is 2.13. The minimum atomic E-state index is -0.488. The van der Waals surface area contributed by atoms with Crippen molar-refractivity contribution in [3.05, 3.63) is 17.0 Å². The second kappa shape index (κ2) is 5.28. The largest absolute Gasteiger partial charge is 0.389 e. The van der Waals surface area contributed by atoms with Gasteiger partial charge in [0.1, 0.15) is 0 Å². The van der Waals surface area contributed by atoms with Crippen LogP contribution < -0.4 is 0 Å². The molecule has 1 rings (SSSR count). The van der Waals surface area contributed by atoms with Crippen LogP contribution in [-0.4, -0.2) is 34.7 Å². The molecule has 1 atom stereocenters. The van der Waals surface area contributed by atoms with Gasteiger partial charge in [0, 0.05) is 12.8 Å². The molecule has 4 heteroatoms. The molecule has 0 aliphatic heterocycles. The topological polar surface area (TPSA) is 47.3 Å². The van der Waals surface area contributed by atoms with Crippen molar-refractivity contribution < 1.29 is 9.84 Å². The quantitative estimate of drug-likeness (QED) is 0.794. The first-order valence-corrected chi connectivity index (χ1v) is 5.30. The smallest absolute Gasteiger partial charge is 0.0968 e. The first-order valence-electron chi connectivity index (χ1n) is 5.30. The number of aliphatic hydroxyl groups is 1. The summed E-state index contributed by atoms with van der Waals surface area (Å²) in [7, 11) is 1.59. The van der Waals surface area contributed by atoms with E-state index in [0.29, 0.717) is 13.2 Å². The molecule has 0 aromatic carbocycles. The molecule has 0 saturated heterocycles. The molecule has 0 aliphatic carbocycles. The standard InChI is InChI=1S/C11H20N2O2/c1-5-11-8(2)12-13(9(11)3)6-10(14)7-15-4/h10,14H,5-7H2,1-4H3. The van der Waals surface area contributed by atoms with Crippen LogP contribution in [0, 0.1) is 13.8 Å². The number of ether oxygens (including phenoxy) is 1. The van der Waals surface area contributed by atoms with Gasteiger partial charge in [0.05, 0.1) is 24.9 Å². The number of hydrogen-bond acceptors (Lipinski definition) is 3. The summed E-state index contributed by atoms with van der Waals surface area (Å²) in [6.45, 7) is 7.01. The summed E-state index contributed by atoms with van der Waals surface area (Å²) in [5, 5.41) is 14.0. The molecule has 1 aromatic rings. The first-order chi connectivity index (χ1) is 7.10. The Morgan fingerprint density at radius 1 is 1.47 bits per heavy atom. The highest BCUT2D eigenvalue weighted by atomic mass is 16.5. The summed E-state index contributed by atoms with van der Waals surface area (Å²) < 4.78 is 6.75. The van der Waals surface area contributed by atoms with E-state index in [9.17, 15) is 5.11 Å². The lowest BCUT2D eigenvalue weighted by Crippen LogP contribution is -2.22. The lowest BCUT2D eigenvalue weighted by atomic mass is 10.1. The fourth-order valence-corrected chi connectivity index (χ4v) is 1.87. The maximum absolute atomic E-state index is 9.61. The Kier molecular flexibility index (Phi) is 4.29. The van der Waals surface area contributed by atoms with Gasteiger partial charge < -0.3 is 9.84 Å². The van der Waals surface area contributed by atoms with Crippen LogP contribution in [0.2, 0.25) is 0 Å². The maximum atomic E-state index is 9.61. The first kappa shape index (κ1) is 12.2. The molecule has 0 spiro atoms. The normalized spacial score (nSPS) is 13.1. The molecule has 1 N–H and O–H groups in total. The van der Waals surface area contributed by atoms with Gasteiger partial charge in [0.15, 0.2) is 0 Å². The molecule has 4 nitrogen and oxygen atoms in total. The van der Waals surface area contributed by atoms with Gasteiger partial charge in [-0.3, -0.25) is 4.68 Å². The molecule has 0 bridgehead atoms. The summed E-state index contributed by atoms with van der Waals surface area (Å²) in [5.74, 6) is 0. The van der Waals surface area contributed by atoms with Gasteiger partial charge in [0.2, 0.25) is 0 Å². The number of aryl methyl sites for hydroxylation is 1. The number of hydrogen-bond donors (Lipinski definition) is 1. The van der Waals surface area contributed by atoms with Crippen LogP contribution in [0.1, 0.15) is 23.9 Å². The van der Waals surface area contributed by atoms with E-state index in [2.05, 4.69) is 12.0 Å². The third kappa shape index (κ3) is 2.79. The summed E-state index contributed by atoms with van der Waals surface area (Å²) >= 11 is 0. The van der Waals surface area contributed by atoms with Gasteiger partial charge in [-0.15, -0.1) is 0 Å². The number of rotatable bonds is 5. The maximum Gasteiger partial charge on any atom is 0.0968 e. The molecule has 1 heterocycles. The van der Waals surface area contributed by atoms with Crippen LogP contribution in [0.15, 0.2) is 0 Å². The molecule has 0 fully saturated rings. The van der Waals surface area contributed by atoms with Gasteiger partial charge in [-0.1, -0.05) is 6.92 Å². The molecule has 0 amide bonds. The van der Waals surface area contributed by atoms with Crippen LogP contribution in [0.25, 0.3) is 0 Å². The van der Waals surface area contributed by atoms with Gasteiger partial charge in [-0.25, -0.2) is 0 Å². The minimum absolute atomic E-state index is 0.347. The van der Waals surface area contributed by atoms with Crippen LogP contribution in [-0.2, 0) is 17.7 Å². The number of aromatic nitrogens is 2. The molecule has 1 aromatic heterocycles. The third-order valence-electron chi connectivity index (χ3n) is 2.63. The van der Waals surface area contributed by atoms with Crippen molar-refractivity contribution in [1.29, 1.82) is 0 Å². The van der Waals surface area contributed by atoms with E-state index in [1.165, 1.54) is 5.56 Å². The summed E-state index contributed by atoms with van der Waals surface area (Å²) in [6.07, 6.45) is 0.496. The Hall–Kier alpha value is -0.870. The zero-order valence-corrected chi connectivity index (χ0v) is 9.95. The van der Waals surface area contributed by atoms with Gasteiger partial charge in [-0.05, 0) is 25.8 Å². The van der Waals surface area contributed by atoms with Crippen LogP contribution in [0.3, 0.4) is 0 Å². The number of nitrogens with zero attached hydrogens (tertiary/aromatic N) is 2. The fraction of sp³-hybridized carbons (Fsp3) is 0.727. The van der Waals surface area contributed by atoms with Gasteiger partial charge in [-0.2, -0.15) is 5.10 Å². The van der Waals surface area contributed by atoms with Crippen molar-refractivity contribution in [3.63, 3.8) is 0 Å². The number of aliphatic hydroxyl groups excluding tert-OH is 1. The Morgan fingerprint density at radius 2 is 2.13 bits per heavy atom. The van der Waals surface area contributed by atoms with E-state index in [0.717, 1.165) is 17.8 Å².